The zero-order valence-electron chi connectivity index (χ0n) is 34.5. The molecule has 10 N–H and O–H groups in total. The Labute approximate surface area is 339 Å². The van der Waals surface area contributed by atoms with Crippen LogP contribution in [0.2, 0.25) is 0 Å². The predicted molar refractivity (Wildman–Crippen MR) is 214 cm³/mol. The van der Waals surface area contributed by atoms with Crippen molar-refractivity contribution in [2.75, 3.05) is 26.3 Å². The molecule has 324 valence electrons. The number of fused-ring (bicyclic) bond motifs is 2. The number of carbonyl (C=O) groups is 2. The lowest BCUT2D eigenvalue weighted by molar-refractivity contribution is -0.296. The number of hydrogen-bond acceptors (Lipinski definition) is 13. The molecular weight excluding hydrogens is 729 g/mol. The van der Waals surface area contributed by atoms with Gasteiger partial charge in [-0.25, -0.2) is 4.79 Å². The van der Waals surface area contributed by atoms with E-state index < -0.39 is 60.0 Å². The Morgan fingerprint density at radius 3 is 2.42 bits per heavy atom. The normalized spacial score (nSPS) is 44.5. The van der Waals surface area contributed by atoms with Crippen molar-refractivity contribution in [2.24, 2.45) is 64.7 Å². The molecule has 0 aromatic rings. The average molecular weight is 803 g/mol. The number of aliphatic hydroxyl groups is 4. The molecule has 7 rings (SSSR count). The number of esters is 1. The van der Waals surface area contributed by atoms with Gasteiger partial charge in [-0.05, 0) is 139 Å². The fourth-order valence-electron chi connectivity index (χ4n) is 12.9. The maximum absolute atomic E-state index is 14.2. The van der Waals surface area contributed by atoms with E-state index in [1.165, 1.54) is 0 Å². The Kier molecular flexibility index (Phi) is 14.5. The number of nitrogens with two attached hydrogens (primary N) is 2. The minimum absolute atomic E-state index is 0.00206. The van der Waals surface area contributed by atoms with Gasteiger partial charge in [0.15, 0.2) is 0 Å². The first-order valence-corrected chi connectivity index (χ1v) is 22.7. The van der Waals surface area contributed by atoms with Crippen molar-refractivity contribution in [1.82, 2.24) is 10.6 Å². The fourth-order valence-corrected chi connectivity index (χ4v) is 12.9. The molecular formula is C44H74N4O9. The summed E-state index contributed by atoms with van der Waals surface area (Å²) in [6.07, 6.45) is 9.55. The highest BCUT2D eigenvalue weighted by atomic mass is 16.6. The number of ketones is 1. The lowest BCUT2D eigenvalue weighted by atomic mass is 9.53. The van der Waals surface area contributed by atoms with Crippen molar-refractivity contribution in [3.63, 3.8) is 0 Å². The molecule has 17 unspecified atom stereocenters. The van der Waals surface area contributed by atoms with Gasteiger partial charge in [-0.3, -0.25) is 4.79 Å². The molecule has 4 aliphatic heterocycles. The first-order valence-electron chi connectivity index (χ1n) is 22.7. The van der Waals surface area contributed by atoms with E-state index in [9.17, 15) is 30.0 Å². The molecule has 17 atom stereocenters. The zero-order valence-corrected chi connectivity index (χ0v) is 34.5. The van der Waals surface area contributed by atoms with Crippen LogP contribution < -0.4 is 22.1 Å². The highest BCUT2D eigenvalue weighted by Crippen LogP contribution is 2.56. The number of Topliss-reactive ketones (excluding diaryl/α,β-unsaturated/α-hetero) is 1. The predicted octanol–water partition coefficient (Wildman–Crippen LogP) is 2.65. The molecule has 13 heteroatoms. The summed E-state index contributed by atoms with van der Waals surface area (Å²) in [5.74, 6) is -2.17. The molecule has 0 aromatic heterocycles. The molecule has 7 fully saturated rings. The summed E-state index contributed by atoms with van der Waals surface area (Å²) in [6, 6.07) is 0. The van der Waals surface area contributed by atoms with Gasteiger partial charge in [-0.15, -0.1) is 0 Å². The number of hydrogen-bond donors (Lipinski definition) is 8. The van der Waals surface area contributed by atoms with Crippen LogP contribution in [0.5, 0.6) is 0 Å². The Bertz CT molecular complexity index is 1390. The van der Waals surface area contributed by atoms with E-state index in [0.717, 1.165) is 77.2 Å². The van der Waals surface area contributed by atoms with Crippen LogP contribution in [0.3, 0.4) is 0 Å². The Hall–Kier alpha value is -1.52. The van der Waals surface area contributed by atoms with Crippen molar-refractivity contribution in [3.8, 4) is 0 Å². The van der Waals surface area contributed by atoms with Crippen LogP contribution in [-0.4, -0.2) is 113 Å². The van der Waals surface area contributed by atoms with Crippen LogP contribution in [-0.2, 0) is 23.8 Å². The van der Waals surface area contributed by atoms with Crippen LogP contribution in [0, 0.1) is 53.3 Å². The first kappa shape index (κ1) is 43.6. The van der Waals surface area contributed by atoms with Crippen molar-refractivity contribution in [2.45, 2.75) is 171 Å². The average Bonchev–Trinajstić information content (AvgIpc) is 3.73. The largest absolute Gasteiger partial charge is 0.456 e. The Morgan fingerprint density at radius 2 is 1.75 bits per heavy atom. The van der Waals surface area contributed by atoms with Gasteiger partial charge in [0.2, 0.25) is 0 Å². The lowest BCUT2D eigenvalue weighted by Gasteiger charge is -2.61. The highest BCUT2D eigenvalue weighted by Gasteiger charge is 2.64. The summed E-state index contributed by atoms with van der Waals surface area (Å²) < 4.78 is 20.9. The number of allylic oxidation sites excluding steroid dienone is 1. The molecule has 0 aromatic carbocycles. The number of carbonyl (C=O) groups excluding carboxylic acids is 2. The van der Waals surface area contributed by atoms with Gasteiger partial charge < -0.3 is 56.7 Å². The van der Waals surface area contributed by atoms with Gasteiger partial charge >= 0.3 is 5.97 Å². The standard InChI is InChI=1S/C44H74N4O9/c1-3-30(25-7-4-5-8-25)43(54)56-34-20-31-40(53)38-33(52)19-29(22-49)55-42(38)39(41(31)57-44(34,2)15-13-24-11-12-35(45)48-21-24)37(27-14-16-47-36(46)18-27)32(23-50)26-9-6-10-28(51)17-26/h3,24-29,31-32,34-42,47-51,53H,4-23,45-46H2,1-2H3. The SMILES string of the molecule is CC=C(C(=O)OC1CC2C(O)C3C(=O)CC(CO)OC3C(C(C3CCNC(N)C3)C(CO)C3CCCC(O)C3)C2OC1(C)CCC1CCC(N)NC1)C1CCCC1. The Morgan fingerprint density at radius 1 is 0.965 bits per heavy atom. The number of nitrogens with one attached hydrogen (secondary N) is 2. The monoisotopic (exact) mass is 803 g/mol. The van der Waals surface area contributed by atoms with E-state index in [2.05, 4.69) is 17.6 Å². The van der Waals surface area contributed by atoms with Gasteiger partial charge in [0.25, 0.3) is 0 Å². The minimum Gasteiger partial charge on any atom is -0.456 e. The van der Waals surface area contributed by atoms with Gasteiger partial charge in [-0.2, -0.15) is 0 Å². The molecule has 4 heterocycles. The lowest BCUT2D eigenvalue weighted by Crippen LogP contribution is -2.70. The van der Waals surface area contributed by atoms with Crippen LogP contribution in [0.4, 0.5) is 0 Å². The van der Waals surface area contributed by atoms with Crippen molar-refractivity contribution in [1.29, 1.82) is 0 Å². The fraction of sp³-hybridized carbons (Fsp3) is 0.909. The highest BCUT2D eigenvalue weighted by molar-refractivity contribution is 5.89. The molecule has 0 amide bonds. The topological polar surface area (TPSA) is 219 Å². The maximum Gasteiger partial charge on any atom is 0.334 e. The summed E-state index contributed by atoms with van der Waals surface area (Å²) in [5.41, 5.74) is 12.6. The van der Waals surface area contributed by atoms with Crippen molar-refractivity contribution < 1.29 is 44.2 Å². The Balaban J connectivity index is 1.29. The quantitative estimate of drug-likeness (QED) is 0.105. The molecule has 0 spiro atoms. The van der Waals surface area contributed by atoms with E-state index >= 15 is 0 Å². The van der Waals surface area contributed by atoms with E-state index in [-0.39, 0.29) is 73.3 Å². The third-order valence-electron chi connectivity index (χ3n) is 15.9. The molecule has 13 nitrogen and oxygen atoms in total. The van der Waals surface area contributed by atoms with E-state index in [1.807, 2.05) is 13.0 Å². The van der Waals surface area contributed by atoms with Crippen molar-refractivity contribution >= 4 is 11.8 Å². The van der Waals surface area contributed by atoms with Crippen LogP contribution in [0.15, 0.2) is 11.6 Å². The van der Waals surface area contributed by atoms with E-state index in [4.69, 9.17) is 25.7 Å². The molecule has 4 saturated heterocycles. The number of rotatable bonds is 12. The molecule has 3 aliphatic carbocycles. The summed E-state index contributed by atoms with van der Waals surface area (Å²) in [4.78, 5) is 28.4. The maximum atomic E-state index is 14.2. The summed E-state index contributed by atoms with van der Waals surface area (Å²) in [5, 5.41) is 52.1. The van der Waals surface area contributed by atoms with Crippen molar-refractivity contribution in [3.05, 3.63) is 11.6 Å². The minimum atomic E-state index is -1.12. The van der Waals surface area contributed by atoms with Gasteiger partial charge in [0.05, 0.1) is 55.4 Å². The summed E-state index contributed by atoms with van der Waals surface area (Å²) in [7, 11) is 0. The second-order valence-corrected chi connectivity index (χ2v) is 19.4. The summed E-state index contributed by atoms with van der Waals surface area (Å²) >= 11 is 0. The third kappa shape index (κ3) is 9.38. The van der Waals surface area contributed by atoms with Crippen LogP contribution >= 0.6 is 0 Å². The molecule has 0 bridgehead atoms. The van der Waals surface area contributed by atoms with Gasteiger partial charge in [-0.1, -0.05) is 25.3 Å². The van der Waals surface area contributed by atoms with Crippen LogP contribution in [0.25, 0.3) is 0 Å². The molecule has 3 saturated carbocycles. The second-order valence-electron chi connectivity index (χ2n) is 19.4. The van der Waals surface area contributed by atoms with Crippen LogP contribution in [0.1, 0.15) is 117 Å². The zero-order chi connectivity index (χ0) is 40.4. The smallest absolute Gasteiger partial charge is 0.334 e. The number of piperidine rings is 2. The second kappa shape index (κ2) is 19.0. The first-order chi connectivity index (χ1) is 27.4. The number of aliphatic hydroxyl groups excluding tert-OH is 4. The summed E-state index contributed by atoms with van der Waals surface area (Å²) in [6.45, 7) is 5.04. The third-order valence-corrected chi connectivity index (χ3v) is 15.9. The number of ether oxygens (including phenoxy) is 3. The van der Waals surface area contributed by atoms with E-state index in [0.29, 0.717) is 43.7 Å². The van der Waals surface area contributed by atoms with E-state index in [1.54, 1.807) is 0 Å². The molecule has 7 aliphatic rings. The van der Waals surface area contributed by atoms with Gasteiger partial charge in [0.1, 0.15) is 17.5 Å². The molecule has 57 heavy (non-hydrogen) atoms. The van der Waals surface area contributed by atoms with Gasteiger partial charge in [0, 0.05) is 30.4 Å². The molecule has 0 radical (unpaired) electrons.